The van der Waals surface area contributed by atoms with Crippen LogP contribution in [0.15, 0.2) is 60.7 Å². The summed E-state index contributed by atoms with van der Waals surface area (Å²) >= 11 is 25.0. The minimum atomic E-state index is -1.31. The number of alkyl halides is 2. The van der Waals surface area contributed by atoms with Crippen LogP contribution in [0.1, 0.15) is 27.4 Å². The Balaban J connectivity index is 1.50. The van der Waals surface area contributed by atoms with E-state index in [1.54, 1.807) is 43.3 Å². The summed E-state index contributed by atoms with van der Waals surface area (Å²) in [6, 6.07) is 15.3. The van der Waals surface area contributed by atoms with E-state index < -0.39 is 33.8 Å². The first kappa shape index (κ1) is 23.8. The highest BCUT2D eigenvalue weighted by Gasteiger charge is 2.67. The standard InChI is InChI=1S/C24H17Cl4FN2O2/c1-12-2-5-18(11-19(12)22(32)30-17-6-3-16(29)4-7-17)31-23(33)21-20(24(21,27)28)13-8-14(25)10-15(26)9-13/h2-11,20-21H,1H3,(H,30,32)(H,31,33)/t20-,21+/m1/s1. The van der Waals surface area contributed by atoms with Gasteiger partial charge in [-0.05, 0) is 72.6 Å². The maximum atomic E-state index is 13.1. The number of carbonyl (C=O) groups is 2. The first-order valence-electron chi connectivity index (χ1n) is 9.88. The largest absolute Gasteiger partial charge is 0.326 e. The molecular formula is C24H17Cl4FN2O2. The maximum absolute atomic E-state index is 13.1. The zero-order valence-corrected chi connectivity index (χ0v) is 20.2. The van der Waals surface area contributed by atoms with Gasteiger partial charge in [0, 0.05) is 32.9 Å². The Labute approximate surface area is 210 Å². The van der Waals surface area contributed by atoms with Gasteiger partial charge in [0.1, 0.15) is 10.2 Å². The molecule has 1 aliphatic carbocycles. The second kappa shape index (κ2) is 9.15. The van der Waals surface area contributed by atoms with Gasteiger partial charge in [-0.1, -0.05) is 29.3 Å². The molecule has 33 heavy (non-hydrogen) atoms. The minimum Gasteiger partial charge on any atom is -0.326 e. The quantitative estimate of drug-likeness (QED) is 0.345. The second-order valence-electron chi connectivity index (χ2n) is 7.81. The van der Waals surface area contributed by atoms with Gasteiger partial charge in [-0.2, -0.15) is 0 Å². The maximum Gasteiger partial charge on any atom is 0.256 e. The van der Waals surface area contributed by atoms with Gasteiger partial charge in [0.2, 0.25) is 5.91 Å². The van der Waals surface area contributed by atoms with E-state index in [-0.39, 0.29) is 0 Å². The Kier molecular flexibility index (Phi) is 6.61. The van der Waals surface area contributed by atoms with Gasteiger partial charge in [-0.3, -0.25) is 9.59 Å². The van der Waals surface area contributed by atoms with Crippen molar-refractivity contribution in [2.24, 2.45) is 5.92 Å². The molecule has 4 rings (SSSR count). The van der Waals surface area contributed by atoms with Gasteiger partial charge in [0.25, 0.3) is 5.91 Å². The van der Waals surface area contributed by atoms with E-state index in [9.17, 15) is 14.0 Å². The molecule has 1 fully saturated rings. The van der Waals surface area contributed by atoms with Gasteiger partial charge < -0.3 is 10.6 Å². The zero-order valence-electron chi connectivity index (χ0n) is 17.1. The molecule has 0 spiro atoms. The number of nitrogens with one attached hydrogen (secondary N) is 2. The van der Waals surface area contributed by atoms with E-state index in [0.29, 0.717) is 38.1 Å². The molecule has 2 N–H and O–H groups in total. The number of carbonyl (C=O) groups excluding carboxylic acids is 2. The van der Waals surface area contributed by atoms with Crippen molar-refractivity contribution in [2.45, 2.75) is 17.2 Å². The third kappa shape index (κ3) is 5.12. The summed E-state index contributed by atoms with van der Waals surface area (Å²) in [5.74, 6) is -2.40. The number of benzene rings is 3. The molecule has 2 amide bonds. The van der Waals surface area contributed by atoms with Crippen LogP contribution < -0.4 is 10.6 Å². The summed E-state index contributed by atoms with van der Waals surface area (Å²) in [6.07, 6.45) is 0. The monoisotopic (exact) mass is 524 g/mol. The van der Waals surface area contributed by atoms with Crippen molar-refractivity contribution in [3.63, 3.8) is 0 Å². The summed E-state index contributed by atoms with van der Waals surface area (Å²) in [7, 11) is 0. The van der Waals surface area contributed by atoms with Gasteiger partial charge in [0.05, 0.1) is 5.92 Å². The van der Waals surface area contributed by atoms with Crippen LogP contribution in [-0.4, -0.2) is 16.1 Å². The Hall–Kier alpha value is -2.31. The van der Waals surface area contributed by atoms with E-state index in [1.807, 2.05) is 0 Å². The Morgan fingerprint density at radius 1 is 0.879 bits per heavy atom. The third-order valence-electron chi connectivity index (χ3n) is 5.43. The first-order chi connectivity index (χ1) is 15.6. The van der Waals surface area contributed by atoms with Crippen LogP contribution in [-0.2, 0) is 4.79 Å². The molecular weight excluding hydrogens is 509 g/mol. The number of anilines is 2. The van der Waals surface area contributed by atoms with E-state index in [4.69, 9.17) is 46.4 Å². The molecule has 0 bridgehead atoms. The fourth-order valence-electron chi connectivity index (χ4n) is 3.72. The second-order valence-corrected chi connectivity index (χ2v) is 10.1. The van der Waals surface area contributed by atoms with Crippen LogP contribution >= 0.6 is 46.4 Å². The minimum absolute atomic E-state index is 0.356. The van der Waals surface area contributed by atoms with Crippen LogP contribution in [0.25, 0.3) is 0 Å². The molecule has 2 atom stereocenters. The van der Waals surface area contributed by atoms with Crippen molar-refractivity contribution in [2.75, 3.05) is 10.6 Å². The molecule has 1 aliphatic rings. The summed E-state index contributed by atoms with van der Waals surface area (Å²) < 4.78 is 11.8. The molecule has 170 valence electrons. The lowest BCUT2D eigenvalue weighted by Crippen LogP contribution is -2.18. The number of aryl methyl sites for hydroxylation is 1. The van der Waals surface area contributed by atoms with Crippen molar-refractivity contribution in [1.29, 1.82) is 0 Å². The molecule has 4 nitrogen and oxygen atoms in total. The van der Waals surface area contributed by atoms with Crippen molar-refractivity contribution >= 4 is 69.6 Å². The van der Waals surface area contributed by atoms with Gasteiger partial charge >= 0.3 is 0 Å². The number of amides is 2. The highest BCUT2D eigenvalue weighted by Crippen LogP contribution is 2.65. The highest BCUT2D eigenvalue weighted by atomic mass is 35.5. The number of rotatable bonds is 5. The Bertz CT molecular complexity index is 1230. The lowest BCUT2D eigenvalue weighted by Gasteiger charge is -2.11. The molecule has 0 aromatic heterocycles. The molecule has 0 heterocycles. The van der Waals surface area contributed by atoms with Crippen LogP contribution in [0.5, 0.6) is 0 Å². The first-order valence-corrected chi connectivity index (χ1v) is 11.4. The Morgan fingerprint density at radius 2 is 1.48 bits per heavy atom. The molecule has 3 aromatic carbocycles. The lowest BCUT2D eigenvalue weighted by molar-refractivity contribution is -0.117. The highest BCUT2D eigenvalue weighted by molar-refractivity contribution is 6.53. The van der Waals surface area contributed by atoms with Crippen molar-refractivity contribution < 1.29 is 14.0 Å². The average molecular weight is 526 g/mol. The van der Waals surface area contributed by atoms with E-state index >= 15 is 0 Å². The SMILES string of the molecule is Cc1ccc(NC(=O)[C@@H]2[C@@H](c3cc(Cl)cc(Cl)c3)C2(Cl)Cl)cc1C(=O)Nc1ccc(F)cc1. The van der Waals surface area contributed by atoms with Crippen molar-refractivity contribution in [3.8, 4) is 0 Å². The molecule has 0 aliphatic heterocycles. The summed E-state index contributed by atoms with van der Waals surface area (Å²) in [4.78, 5) is 25.7. The summed E-state index contributed by atoms with van der Waals surface area (Å²) in [6.45, 7) is 1.77. The fraction of sp³-hybridized carbons (Fsp3) is 0.167. The van der Waals surface area contributed by atoms with Gasteiger partial charge in [-0.25, -0.2) is 4.39 Å². The summed E-state index contributed by atoms with van der Waals surface area (Å²) in [5.41, 5.74) is 2.59. The zero-order chi connectivity index (χ0) is 23.9. The van der Waals surface area contributed by atoms with Crippen LogP contribution in [0.4, 0.5) is 15.8 Å². The number of hydrogen-bond donors (Lipinski definition) is 2. The number of hydrogen-bond acceptors (Lipinski definition) is 2. The normalized spacial score (nSPS) is 18.5. The van der Waals surface area contributed by atoms with Crippen molar-refractivity contribution in [3.05, 3.63) is 93.2 Å². The average Bonchev–Trinajstić information content (AvgIpc) is 3.32. The molecule has 0 unspecified atom stereocenters. The van der Waals surface area contributed by atoms with E-state index in [2.05, 4.69) is 10.6 Å². The number of halogens is 5. The molecule has 0 radical (unpaired) electrons. The lowest BCUT2D eigenvalue weighted by atomic mass is 10.1. The van der Waals surface area contributed by atoms with Crippen molar-refractivity contribution in [1.82, 2.24) is 0 Å². The molecule has 9 heteroatoms. The van der Waals surface area contributed by atoms with Gasteiger partial charge in [0.15, 0.2) is 0 Å². The van der Waals surface area contributed by atoms with Crippen LogP contribution in [0.2, 0.25) is 10.0 Å². The van der Waals surface area contributed by atoms with Crippen LogP contribution in [0.3, 0.4) is 0 Å². The molecule has 1 saturated carbocycles. The smallest absolute Gasteiger partial charge is 0.256 e. The fourth-order valence-corrected chi connectivity index (χ4v) is 5.09. The summed E-state index contributed by atoms with van der Waals surface area (Å²) in [5, 5.41) is 6.33. The van der Waals surface area contributed by atoms with Crippen LogP contribution in [0, 0.1) is 18.7 Å². The predicted octanol–water partition coefficient (Wildman–Crippen LogP) is 7.22. The van der Waals surface area contributed by atoms with Gasteiger partial charge in [-0.15, -0.1) is 23.2 Å². The predicted molar refractivity (Wildman–Crippen MR) is 131 cm³/mol. The molecule has 0 saturated heterocycles. The Morgan fingerprint density at radius 3 is 2.12 bits per heavy atom. The topological polar surface area (TPSA) is 58.2 Å². The molecule has 3 aromatic rings. The third-order valence-corrected chi connectivity index (χ3v) is 6.81. The van der Waals surface area contributed by atoms with E-state index in [0.717, 1.165) is 0 Å². The van der Waals surface area contributed by atoms with E-state index in [1.165, 1.54) is 24.3 Å².